The van der Waals surface area contributed by atoms with Gasteiger partial charge in [0.1, 0.15) is 5.75 Å². The Morgan fingerprint density at radius 3 is 2.60 bits per heavy atom. The molecule has 1 aromatic carbocycles. The van der Waals surface area contributed by atoms with Crippen molar-refractivity contribution in [1.82, 2.24) is 0 Å². The molecule has 1 heterocycles. The maximum absolute atomic E-state index is 6.05. The minimum Gasteiger partial charge on any atom is -0.490 e. The van der Waals surface area contributed by atoms with Crippen LogP contribution in [0.25, 0.3) is 0 Å². The van der Waals surface area contributed by atoms with Gasteiger partial charge >= 0.3 is 7.12 Å². The third-order valence-electron chi connectivity index (χ3n) is 4.55. The van der Waals surface area contributed by atoms with Gasteiger partial charge in [-0.25, -0.2) is 0 Å². The van der Waals surface area contributed by atoms with Crippen molar-refractivity contribution in [3.8, 4) is 5.75 Å². The van der Waals surface area contributed by atoms with Gasteiger partial charge in [0.15, 0.2) is 0 Å². The van der Waals surface area contributed by atoms with Gasteiger partial charge in [-0.3, -0.25) is 0 Å². The van der Waals surface area contributed by atoms with Gasteiger partial charge in [0, 0.05) is 0 Å². The van der Waals surface area contributed by atoms with E-state index >= 15 is 0 Å². The first kappa shape index (κ1) is 14.0. The summed E-state index contributed by atoms with van der Waals surface area (Å²) in [6, 6.07) is 6.24. The number of rotatable bonds is 3. The molecular weight excluding hydrogens is 251 g/mol. The van der Waals surface area contributed by atoms with Crippen LogP contribution in [0.4, 0.5) is 0 Å². The van der Waals surface area contributed by atoms with Crippen molar-refractivity contribution in [2.75, 3.05) is 0 Å². The van der Waals surface area contributed by atoms with Crippen molar-refractivity contribution in [1.29, 1.82) is 0 Å². The van der Waals surface area contributed by atoms with E-state index in [9.17, 15) is 0 Å². The largest absolute Gasteiger partial charge is 0.494 e. The van der Waals surface area contributed by atoms with Gasteiger partial charge in [-0.15, -0.1) is 0 Å². The SMILES string of the molecule is Cc1ccc(B2OC(C)C(C)(C)O2)cc1OC1CCC1. The molecule has 4 heteroatoms. The fraction of sp³-hybridized carbons (Fsp3) is 0.625. The summed E-state index contributed by atoms with van der Waals surface area (Å²) in [5.74, 6) is 0.969. The van der Waals surface area contributed by atoms with Crippen molar-refractivity contribution in [2.45, 2.75) is 64.8 Å². The zero-order chi connectivity index (χ0) is 14.3. The van der Waals surface area contributed by atoms with E-state index in [1.807, 2.05) is 0 Å². The van der Waals surface area contributed by atoms with Crippen LogP contribution < -0.4 is 10.2 Å². The number of hydrogen-bond acceptors (Lipinski definition) is 3. The molecule has 1 saturated heterocycles. The molecular formula is C16H23BO3. The van der Waals surface area contributed by atoms with Crippen LogP contribution in [0.15, 0.2) is 18.2 Å². The molecule has 20 heavy (non-hydrogen) atoms. The van der Waals surface area contributed by atoms with E-state index in [0.29, 0.717) is 6.10 Å². The Morgan fingerprint density at radius 2 is 2.05 bits per heavy atom. The minimum atomic E-state index is -0.288. The fourth-order valence-electron chi connectivity index (χ4n) is 2.45. The molecule has 0 radical (unpaired) electrons. The molecule has 2 aliphatic rings. The average Bonchev–Trinajstić information content (AvgIpc) is 2.60. The molecule has 2 fully saturated rings. The van der Waals surface area contributed by atoms with Crippen LogP contribution in [-0.2, 0) is 9.31 Å². The molecule has 1 unspecified atom stereocenters. The molecule has 1 atom stereocenters. The molecule has 0 aromatic heterocycles. The number of ether oxygens (including phenoxy) is 1. The van der Waals surface area contributed by atoms with E-state index in [1.165, 1.54) is 24.8 Å². The number of benzene rings is 1. The van der Waals surface area contributed by atoms with E-state index < -0.39 is 0 Å². The highest BCUT2D eigenvalue weighted by molar-refractivity contribution is 6.62. The standard InChI is InChI=1S/C16H23BO3/c1-11-8-9-13(10-15(11)18-14-6-5-7-14)17-19-12(2)16(3,4)20-17/h8-10,12,14H,5-7H2,1-4H3. The number of aryl methyl sites for hydroxylation is 1. The van der Waals surface area contributed by atoms with Crippen LogP contribution in [-0.4, -0.2) is 24.9 Å². The molecule has 1 aliphatic heterocycles. The normalized spacial score (nSPS) is 25.6. The van der Waals surface area contributed by atoms with Crippen molar-refractivity contribution >= 4 is 12.6 Å². The second-order valence-electron chi connectivity index (χ2n) is 6.53. The van der Waals surface area contributed by atoms with E-state index in [1.54, 1.807) is 0 Å². The average molecular weight is 274 g/mol. The van der Waals surface area contributed by atoms with Crippen LogP contribution in [0.5, 0.6) is 5.75 Å². The molecule has 1 saturated carbocycles. The molecule has 0 bridgehead atoms. The van der Waals surface area contributed by atoms with Gasteiger partial charge in [0.05, 0.1) is 17.8 Å². The Bertz CT molecular complexity index is 496. The third kappa shape index (κ3) is 2.59. The van der Waals surface area contributed by atoms with Gasteiger partial charge in [0.2, 0.25) is 0 Å². The Hall–Kier alpha value is -0.995. The van der Waals surface area contributed by atoms with Gasteiger partial charge in [-0.05, 0) is 64.1 Å². The van der Waals surface area contributed by atoms with Crippen LogP contribution in [0.3, 0.4) is 0 Å². The zero-order valence-electron chi connectivity index (χ0n) is 12.8. The molecule has 3 nitrogen and oxygen atoms in total. The van der Waals surface area contributed by atoms with Crippen molar-refractivity contribution < 1.29 is 14.0 Å². The summed E-state index contributed by atoms with van der Waals surface area (Å²) in [6.07, 6.45) is 4.10. The summed E-state index contributed by atoms with van der Waals surface area (Å²) in [6.45, 7) is 8.27. The first-order valence-electron chi connectivity index (χ1n) is 7.56. The Kier molecular flexibility index (Phi) is 3.55. The Balaban J connectivity index is 1.78. The Labute approximate surface area is 121 Å². The summed E-state index contributed by atoms with van der Waals surface area (Å²) < 4.78 is 18.0. The molecule has 3 rings (SSSR count). The highest BCUT2D eigenvalue weighted by Gasteiger charge is 2.44. The van der Waals surface area contributed by atoms with Crippen molar-refractivity contribution in [2.24, 2.45) is 0 Å². The fourth-order valence-corrected chi connectivity index (χ4v) is 2.45. The van der Waals surface area contributed by atoms with Gasteiger partial charge in [-0.1, -0.05) is 12.1 Å². The van der Waals surface area contributed by atoms with Gasteiger partial charge in [-0.2, -0.15) is 0 Å². The quantitative estimate of drug-likeness (QED) is 0.793. The predicted molar refractivity (Wildman–Crippen MR) is 80.5 cm³/mol. The first-order chi connectivity index (χ1) is 9.45. The van der Waals surface area contributed by atoms with Crippen LogP contribution in [0.2, 0.25) is 0 Å². The lowest BCUT2D eigenvalue weighted by molar-refractivity contribution is 0.0842. The molecule has 0 amide bonds. The molecule has 108 valence electrons. The van der Waals surface area contributed by atoms with E-state index in [4.69, 9.17) is 14.0 Å². The highest BCUT2D eigenvalue weighted by atomic mass is 16.7. The first-order valence-corrected chi connectivity index (χ1v) is 7.56. The van der Waals surface area contributed by atoms with Crippen molar-refractivity contribution in [3.63, 3.8) is 0 Å². The summed E-state index contributed by atoms with van der Waals surface area (Å²) in [4.78, 5) is 0. The minimum absolute atomic E-state index is 0.0878. The maximum Gasteiger partial charge on any atom is 0.494 e. The zero-order valence-corrected chi connectivity index (χ0v) is 12.8. The molecule has 0 spiro atoms. The summed E-state index contributed by atoms with van der Waals surface area (Å²) in [5.41, 5.74) is 1.97. The van der Waals surface area contributed by atoms with E-state index in [2.05, 4.69) is 45.9 Å². The summed E-state index contributed by atoms with van der Waals surface area (Å²) in [5, 5.41) is 0. The highest BCUT2D eigenvalue weighted by Crippen LogP contribution is 2.29. The monoisotopic (exact) mass is 274 g/mol. The Morgan fingerprint density at radius 1 is 1.30 bits per heavy atom. The van der Waals surface area contributed by atoms with Gasteiger partial charge in [0.25, 0.3) is 0 Å². The van der Waals surface area contributed by atoms with Crippen LogP contribution >= 0.6 is 0 Å². The smallest absolute Gasteiger partial charge is 0.490 e. The second kappa shape index (κ2) is 5.08. The predicted octanol–water partition coefficient (Wildman–Crippen LogP) is 2.84. The second-order valence-corrected chi connectivity index (χ2v) is 6.53. The lowest BCUT2D eigenvalue weighted by atomic mass is 9.78. The van der Waals surface area contributed by atoms with Gasteiger partial charge < -0.3 is 14.0 Å². The molecule has 0 N–H and O–H groups in total. The summed E-state index contributed by atoms with van der Waals surface area (Å²) >= 11 is 0. The van der Waals surface area contributed by atoms with Crippen molar-refractivity contribution in [3.05, 3.63) is 23.8 Å². The maximum atomic E-state index is 6.05. The van der Waals surface area contributed by atoms with Crippen LogP contribution in [0, 0.1) is 6.92 Å². The molecule has 1 aliphatic carbocycles. The third-order valence-corrected chi connectivity index (χ3v) is 4.55. The topological polar surface area (TPSA) is 27.7 Å². The van der Waals surface area contributed by atoms with E-state index in [0.717, 1.165) is 11.2 Å². The lowest BCUT2D eigenvalue weighted by Crippen LogP contribution is -2.35. The molecule has 1 aromatic rings. The van der Waals surface area contributed by atoms with E-state index in [-0.39, 0.29) is 18.8 Å². The summed E-state index contributed by atoms with van der Waals surface area (Å²) in [7, 11) is -0.288. The van der Waals surface area contributed by atoms with Crippen LogP contribution in [0.1, 0.15) is 45.6 Å². The lowest BCUT2D eigenvalue weighted by Gasteiger charge is -2.27. The number of hydrogen-bond donors (Lipinski definition) is 0.